The van der Waals surface area contributed by atoms with Crippen molar-refractivity contribution in [3.05, 3.63) is 60.4 Å². The minimum absolute atomic E-state index is 0.00598. The van der Waals surface area contributed by atoms with Gasteiger partial charge in [-0.3, -0.25) is 9.69 Å². The van der Waals surface area contributed by atoms with Gasteiger partial charge in [0, 0.05) is 38.4 Å². The van der Waals surface area contributed by atoms with Crippen LogP contribution in [0.3, 0.4) is 0 Å². The van der Waals surface area contributed by atoms with Crippen LogP contribution in [0.25, 0.3) is 0 Å². The number of halogens is 1. The zero-order valence-corrected chi connectivity index (χ0v) is 17.5. The number of piperazine rings is 1. The molecule has 0 unspecified atom stereocenters. The number of nitrogens with zero attached hydrogens (tertiary/aromatic N) is 3. The fourth-order valence-electron chi connectivity index (χ4n) is 3.54. The fraction of sp³-hybridized carbons (Fsp3) is 0.381. The highest BCUT2D eigenvalue weighted by Crippen LogP contribution is 2.20. The number of rotatable bonds is 6. The molecule has 0 bridgehead atoms. The van der Waals surface area contributed by atoms with Crippen molar-refractivity contribution in [3.8, 4) is 0 Å². The van der Waals surface area contributed by atoms with Gasteiger partial charge in [-0.2, -0.15) is 4.31 Å². The Balaban J connectivity index is 1.65. The van der Waals surface area contributed by atoms with Crippen molar-refractivity contribution in [2.75, 3.05) is 37.6 Å². The highest BCUT2D eigenvalue weighted by molar-refractivity contribution is 7.89. The van der Waals surface area contributed by atoms with E-state index in [0.29, 0.717) is 19.6 Å². The second kappa shape index (κ2) is 9.02. The van der Waals surface area contributed by atoms with Gasteiger partial charge in [-0.25, -0.2) is 12.8 Å². The van der Waals surface area contributed by atoms with Crippen molar-refractivity contribution in [3.63, 3.8) is 0 Å². The normalized spacial score (nSPS) is 17.1. The Labute approximate surface area is 171 Å². The summed E-state index contributed by atoms with van der Waals surface area (Å²) in [5.41, 5.74) is 0.851. The van der Waals surface area contributed by atoms with Crippen LogP contribution in [-0.4, -0.2) is 62.3 Å². The van der Waals surface area contributed by atoms with Crippen molar-refractivity contribution in [2.45, 2.75) is 24.8 Å². The van der Waals surface area contributed by atoms with Crippen LogP contribution < -0.4 is 4.90 Å². The molecule has 0 aromatic heterocycles. The number of amides is 1. The summed E-state index contributed by atoms with van der Waals surface area (Å²) in [5.74, 6) is -0.478. The lowest BCUT2D eigenvalue weighted by atomic mass is 10.2. The molecule has 2 aromatic rings. The van der Waals surface area contributed by atoms with Gasteiger partial charge >= 0.3 is 0 Å². The molecular formula is C21H26FN3O3S. The van der Waals surface area contributed by atoms with Crippen molar-refractivity contribution in [1.29, 1.82) is 0 Å². The van der Waals surface area contributed by atoms with Crippen molar-refractivity contribution >= 4 is 21.6 Å². The van der Waals surface area contributed by atoms with Crippen LogP contribution in [0.15, 0.2) is 59.5 Å². The lowest BCUT2D eigenvalue weighted by Crippen LogP contribution is -2.55. The summed E-state index contributed by atoms with van der Waals surface area (Å²) >= 11 is 0. The zero-order valence-electron chi connectivity index (χ0n) is 16.7. The molecule has 1 atom stereocenters. The van der Waals surface area contributed by atoms with Crippen LogP contribution in [0.1, 0.15) is 13.8 Å². The molecule has 8 heteroatoms. The van der Waals surface area contributed by atoms with Crippen molar-refractivity contribution < 1.29 is 17.6 Å². The zero-order chi connectivity index (χ0) is 21.0. The first-order valence-electron chi connectivity index (χ1n) is 9.70. The number of likely N-dealkylation sites (N-methyl/N-ethyl adjacent to an activating group) is 1. The molecule has 0 radical (unpaired) electrons. The first-order valence-corrected chi connectivity index (χ1v) is 11.1. The second-order valence-electron chi connectivity index (χ2n) is 6.99. The number of benzene rings is 2. The fourth-order valence-corrected chi connectivity index (χ4v) is 4.96. The van der Waals surface area contributed by atoms with E-state index in [1.165, 1.54) is 16.4 Å². The minimum Gasteiger partial charge on any atom is -0.311 e. The number of hydrogen-bond acceptors (Lipinski definition) is 4. The number of carbonyl (C=O) groups is 1. The first kappa shape index (κ1) is 21.4. The lowest BCUT2D eigenvalue weighted by Gasteiger charge is -2.38. The number of hydrogen-bond donors (Lipinski definition) is 0. The van der Waals surface area contributed by atoms with Gasteiger partial charge in [0.25, 0.3) is 0 Å². The molecule has 1 fully saturated rings. The van der Waals surface area contributed by atoms with Crippen LogP contribution in [-0.2, 0) is 14.8 Å². The van der Waals surface area contributed by atoms with Crippen LogP contribution in [0.4, 0.5) is 10.1 Å². The predicted molar refractivity (Wildman–Crippen MR) is 111 cm³/mol. The van der Waals surface area contributed by atoms with Gasteiger partial charge in [0.1, 0.15) is 5.82 Å². The maximum Gasteiger partial charge on any atom is 0.244 e. The minimum atomic E-state index is -3.67. The van der Waals surface area contributed by atoms with Crippen molar-refractivity contribution in [1.82, 2.24) is 9.21 Å². The van der Waals surface area contributed by atoms with Crippen LogP contribution in [0.2, 0.25) is 0 Å². The Morgan fingerprint density at radius 1 is 1.03 bits per heavy atom. The summed E-state index contributed by atoms with van der Waals surface area (Å²) in [4.78, 5) is 16.9. The van der Waals surface area contributed by atoms with E-state index >= 15 is 0 Å². The third kappa shape index (κ3) is 4.66. The average Bonchev–Trinajstić information content (AvgIpc) is 2.75. The van der Waals surface area contributed by atoms with E-state index in [0.717, 1.165) is 17.8 Å². The van der Waals surface area contributed by atoms with E-state index in [2.05, 4.69) is 0 Å². The molecule has 0 saturated carbocycles. The van der Waals surface area contributed by atoms with Crippen LogP contribution >= 0.6 is 0 Å². The second-order valence-corrected chi connectivity index (χ2v) is 8.93. The lowest BCUT2D eigenvalue weighted by molar-refractivity contribution is -0.123. The summed E-state index contributed by atoms with van der Waals surface area (Å²) in [5, 5.41) is 0. The predicted octanol–water partition coefficient (Wildman–Crippen LogP) is 2.57. The van der Waals surface area contributed by atoms with Crippen LogP contribution in [0.5, 0.6) is 0 Å². The van der Waals surface area contributed by atoms with Gasteiger partial charge in [0.05, 0.1) is 10.9 Å². The van der Waals surface area contributed by atoms with Crippen LogP contribution in [0, 0.1) is 5.82 Å². The molecule has 1 amide bonds. The molecule has 0 spiro atoms. The number of carbonyl (C=O) groups excluding carboxylic acids is 1. The maximum atomic E-state index is 13.1. The Kier molecular flexibility index (Phi) is 6.66. The molecule has 3 rings (SSSR count). The van der Waals surface area contributed by atoms with Gasteiger partial charge < -0.3 is 4.90 Å². The van der Waals surface area contributed by atoms with E-state index < -0.39 is 15.8 Å². The standard InChI is InChI=1S/C21H26FN3O3S/c1-3-25(19-7-5-4-6-8-19)21(26)17(2)23-13-15-24(16-14-23)29(27,28)20-11-9-18(22)10-12-20/h4-12,17H,3,13-16H2,1-2H3/t17-/m1/s1. The molecule has 0 aliphatic carbocycles. The summed E-state index contributed by atoms with van der Waals surface area (Å²) in [6.45, 7) is 5.85. The Morgan fingerprint density at radius 2 is 1.62 bits per heavy atom. The van der Waals surface area contributed by atoms with Gasteiger partial charge in [-0.05, 0) is 50.2 Å². The number of anilines is 1. The number of sulfonamides is 1. The van der Waals surface area contributed by atoms with E-state index in [9.17, 15) is 17.6 Å². The van der Waals surface area contributed by atoms with E-state index in [-0.39, 0.29) is 29.9 Å². The van der Waals surface area contributed by atoms with Gasteiger partial charge in [-0.15, -0.1) is 0 Å². The third-order valence-electron chi connectivity index (χ3n) is 5.28. The Hall–Kier alpha value is -2.29. The van der Waals surface area contributed by atoms with Gasteiger partial charge in [0.15, 0.2) is 0 Å². The summed E-state index contributed by atoms with van der Waals surface area (Å²) in [6, 6.07) is 14.0. The third-order valence-corrected chi connectivity index (χ3v) is 7.19. The molecule has 1 aliphatic rings. The average molecular weight is 420 g/mol. The Morgan fingerprint density at radius 3 is 2.17 bits per heavy atom. The summed E-state index contributed by atoms with van der Waals surface area (Å²) in [7, 11) is -3.67. The van der Waals surface area contributed by atoms with E-state index in [1.807, 2.05) is 49.1 Å². The topological polar surface area (TPSA) is 60.9 Å². The molecule has 2 aromatic carbocycles. The molecule has 6 nitrogen and oxygen atoms in total. The molecular weight excluding hydrogens is 393 g/mol. The van der Waals surface area contributed by atoms with Crippen molar-refractivity contribution in [2.24, 2.45) is 0 Å². The van der Waals surface area contributed by atoms with Gasteiger partial charge in [0.2, 0.25) is 15.9 Å². The molecule has 1 aliphatic heterocycles. The maximum absolute atomic E-state index is 13.1. The SMILES string of the molecule is CCN(C(=O)[C@@H](C)N1CCN(S(=O)(=O)c2ccc(F)cc2)CC1)c1ccccc1. The largest absolute Gasteiger partial charge is 0.311 e. The first-order chi connectivity index (χ1) is 13.8. The monoisotopic (exact) mass is 419 g/mol. The molecule has 156 valence electrons. The summed E-state index contributed by atoms with van der Waals surface area (Å²) < 4.78 is 40.0. The molecule has 0 N–H and O–H groups in total. The summed E-state index contributed by atoms with van der Waals surface area (Å²) in [6.07, 6.45) is 0. The molecule has 1 saturated heterocycles. The van der Waals surface area contributed by atoms with Gasteiger partial charge in [-0.1, -0.05) is 18.2 Å². The van der Waals surface area contributed by atoms with E-state index in [1.54, 1.807) is 4.90 Å². The highest BCUT2D eigenvalue weighted by atomic mass is 32.2. The molecule has 29 heavy (non-hydrogen) atoms. The smallest absolute Gasteiger partial charge is 0.244 e. The quantitative estimate of drug-likeness (QED) is 0.722. The highest BCUT2D eigenvalue weighted by Gasteiger charge is 2.33. The number of para-hydroxylation sites is 1. The molecule has 1 heterocycles. The Bertz CT molecular complexity index is 927. The van der Waals surface area contributed by atoms with E-state index in [4.69, 9.17) is 0 Å².